The zero-order valence-electron chi connectivity index (χ0n) is 18.7. The van der Waals surface area contributed by atoms with Crippen molar-refractivity contribution in [2.24, 2.45) is 0 Å². The first-order chi connectivity index (χ1) is 15.8. The molecule has 1 aliphatic rings. The van der Waals surface area contributed by atoms with Crippen LogP contribution in [0.5, 0.6) is 0 Å². The first kappa shape index (κ1) is 25.2. The molecule has 0 fully saturated rings. The van der Waals surface area contributed by atoms with Gasteiger partial charge < -0.3 is 15.0 Å². The zero-order valence-corrected chi connectivity index (χ0v) is 19.5. The summed E-state index contributed by atoms with van der Waals surface area (Å²) >= 11 is 6.07. The van der Waals surface area contributed by atoms with Crippen molar-refractivity contribution >= 4 is 23.3 Å². The number of benzene rings is 1. The summed E-state index contributed by atoms with van der Waals surface area (Å²) in [4.78, 5) is 23.2. The smallest absolute Gasteiger partial charge is 0.266 e. The highest BCUT2D eigenvalue weighted by atomic mass is 35.5. The number of halogens is 4. The minimum Gasteiger partial charge on any atom is -0.368 e. The molecule has 1 aliphatic heterocycles. The maximum atomic E-state index is 14.4. The molecule has 6 nitrogen and oxygen atoms in total. The van der Waals surface area contributed by atoms with E-state index in [2.05, 4.69) is 22.2 Å². The number of anilines is 1. The number of hydrogen-bond acceptors (Lipinski definition) is 5. The molecule has 0 radical (unpaired) electrons. The van der Waals surface area contributed by atoms with Crippen LogP contribution in [0.15, 0.2) is 18.2 Å². The van der Waals surface area contributed by atoms with Crippen LogP contribution in [0.2, 0.25) is 5.28 Å². The second-order valence-corrected chi connectivity index (χ2v) is 8.28. The van der Waals surface area contributed by atoms with E-state index in [-0.39, 0.29) is 36.4 Å². The SMILES string of the molecule is CCCCC(OCCC)C(=O)N1Cc2nc(Cl)nc(NCc3cccc(C(F)F)c3F)c2C1. The summed E-state index contributed by atoms with van der Waals surface area (Å²) in [5.74, 6) is -0.727. The quantitative estimate of drug-likeness (QED) is 0.418. The van der Waals surface area contributed by atoms with Crippen LogP contribution in [0.3, 0.4) is 0 Å². The number of alkyl halides is 2. The van der Waals surface area contributed by atoms with Gasteiger partial charge in [0, 0.05) is 24.3 Å². The molecular formula is C23H28ClF3N4O2. The molecule has 180 valence electrons. The summed E-state index contributed by atoms with van der Waals surface area (Å²) in [5.41, 5.74) is 0.692. The highest BCUT2D eigenvalue weighted by Gasteiger charge is 2.32. The number of carbonyl (C=O) groups excluding carboxylic acids is 1. The topological polar surface area (TPSA) is 67.3 Å². The van der Waals surface area contributed by atoms with Crippen LogP contribution in [-0.4, -0.2) is 33.5 Å². The van der Waals surface area contributed by atoms with Gasteiger partial charge in [0.1, 0.15) is 17.7 Å². The molecule has 0 saturated heterocycles. The molecule has 33 heavy (non-hydrogen) atoms. The Morgan fingerprint density at radius 3 is 2.73 bits per heavy atom. The molecule has 0 bridgehead atoms. The van der Waals surface area contributed by atoms with Gasteiger partial charge in [-0.15, -0.1) is 0 Å². The summed E-state index contributed by atoms with van der Waals surface area (Å²) in [6.07, 6.45) is -0.141. The fourth-order valence-corrected chi connectivity index (χ4v) is 3.93. The number of aromatic nitrogens is 2. The average Bonchev–Trinajstić information content (AvgIpc) is 3.21. The molecule has 3 rings (SSSR count). The highest BCUT2D eigenvalue weighted by Crippen LogP contribution is 2.30. The minimum absolute atomic E-state index is 0.0166. The molecule has 1 aromatic heterocycles. The van der Waals surface area contributed by atoms with Crippen molar-refractivity contribution in [2.45, 2.75) is 71.7 Å². The van der Waals surface area contributed by atoms with Crippen LogP contribution in [0, 0.1) is 5.82 Å². The third-order valence-electron chi connectivity index (χ3n) is 5.48. The maximum absolute atomic E-state index is 14.4. The fraction of sp³-hybridized carbons (Fsp3) is 0.522. The van der Waals surface area contributed by atoms with Crippen LogP contribution in [0.25, 0.3) is 0 Å². The summed E-state index contributed by atoms with van der Waals surface area (Å²) < 4.78 is 46.2. The molecule has 1 N–H and O–H groups in total. The molecule has 1 atom stereocenters. The van der Waals surface area contributed by atoms with Crippen molar-refractivity contribution in [3.05, 3.63) is 51.7 Å². The van der Waals surface area contributed by atoms with Gasteiger partial charge in [-0.1, -0.05) is 44.9 Å². The number of nitrogens with one attached hydrogen (secondary N) is 1. The van der Waals surface area contributed by atoms with E-state index in [1.54, 1.807) is 4.90 Å². The lowest BCUT2D eigenvalue weighted by Crippen LogP contribution is -2.37. The molecule has 0 aliphatic carbocycles. The number of unbranched alkanes of at least 4 members (excludes halogenated alkanes) is 1. The van der Waals surface area contributed by atoms with Crippen molar-refractivity contribution in [1.29, 1.82) is 0 Å². The van der Waals surface area contributed by atoms with Gasteiger partial charge in [0.05, 0.1) is 24.3 Å². The minimum atomic E-state index is -2.90. The third-order valence-corrected chi connectivity index (χ3v) is 5.64. The lowest BCUT2D eigenvalue weighted by atomic mass is 10.1. The van der Waals surface area contributed by atoms with E-state index in [1.807, 2.05) is 6.92 Å². The second kappa shape index (κ2) is 11.7. The summed E-state index contributed by atoms with van der Waals surface area (Å²) in [6.45, 7) is 5.00. The predicted molar refractivity (Wildman–Crippen MR) is 120 cm³/mol. The third kappa shape index (κ3) is 6.14. The Balaban J connectivity index is 1.76. The highest BCUT2D eigenvalue weighted by molar-refractivity contribution is 6.28. The van der Waals surface area contributed by atoms with E-state index >= 15 is 0 Å². The Bertz CT molecular complexity index is 969. The van der Waals surface area contributed by atoms with Crippen molar-refractivity contribution in [2.75, 3.05) is 11.9 Å². The number of fused-ring (bicyclic) bond motifs is 1. The Kier molecular flexibility index (Phi) is 8.91. The van der Waals surface area contributed by atoms with Gasteiger partial charge in [-0.2, -0.15) is 0 Å². The molecule has 2 heterocycles. The summed E-state index contributed by atoms with van der Waals surface area (Å²) in [5, 5.41) is 2.96. The van der Waals surface area contributed by atoms with Crippen molar-refractivity contribution < 1.29 is 22.7 Å². The number of hydrogen-bond donors (Lipinski definition) is 1. The van der Waals surface area contributed by atoms with Crippen molar-refractivity contribution in [1.82, 2.24) is 14.9 Å². The van der Waals surface area contributed by atoms with Crippen LogP contribution < -0.4 is 5.32 Å². The average molecular weight is 485 g/mol. The molecule has 2 aromatic rings. The lowest BCUT2D eigenvalue weighted by Gasteiger charge is -2.23. The first-order valence-corrected chi connectivity index (χ1v) is 11.5. The normalized spacial score (nSPS) is 14.0. The van der Waals surface area contributed by atoms with Crippen LogP contribution in [0.4, 0.5) is 19.0 Å². The van der Waals surface area contributed by atoms with Crippen LogP contribution in [0.1, 0.15) is 68.3 Å². The van der Waals surface area contributed by atoms with E-state index in [4.69, 9.17) is 16.3 Å². The number of ether oxygens (including phenoxy) is 1. The largest absolute Gasteiger partial charge is 0.368 e. The standard InChI is InChI=1S/C23H28ClF3N4O2/c1-3-5-9-18(33-10-4-2)22(32)31-12-16-17(13-31)29-23(24)30-21(16)28-11-14-7-6-8-15(19(14)25)20(26)27/h6-8,18,20H,3-5,9-13H2,1-2H3,(H,28,29,30). The number of amides is 1. The number of nitrogens with zero attached hydrogens (tertiary/aromatic N) is 3. The van der Waals surface area contributed by atoms with E-state index in [1.165, 1.54) is 12.1 Å². The monoisotopic (exact) mass is 484 g/mol. The van der Waals surface area contributed by atoms with Crippen LogP contribution >= 0.6 is 11.6 Å². The van der Waals surface area contributed by atoms with Crippen molar-refractivity contribution in [3.8, 4) is 0 Å². The van der Waals surface area contributed by atoms with Gasteiger partial charge in [-0.3, -0.25) is 4.79 Å². The maximum Gasteiger partial charge on any atom is 0.266 e. The van der Waals surface area contributed by atoms with E-state index < -0.39 is 23.9 Å². The summed E-state index contributed by atoms with van der Waals surface area (Å²) in [6, 6.07) is 3.87. The van der Waals surface area contributed by atoms with Gasteiger partial charge >= 0.3 is 0 Å². The Hall–Kier alpha value is -2.39. The molecule has 1 unspecified atom stereocenters. The molecule has 1 aromatic carbocycles. The summed E-state index contributed by atoms with van der Waals surface area (Å²) in [7, 11) is 0. The zero-order chi connectivity index (χ0) is 24.0. The second-order valence-electron chi connectivity index (χ2n) is 7.94. The molecular weight excluding hydrogens is 457 g/mol. The molecule has 0 saturated carbocycles. The Morgan fingerprint density at radius 2 is 2.03 bits per heavy atom. The van der Waals surface area contributed by atoms with Crippen LogP contribution in [-0.2, 0) is 29.2 Å². The Labute approximate surface area is 196 Å². The molecule has 1 amide bonds. The number of rotatable bonds is 11. The fourth-order valence-electron chi connectivity index (χ4n) is 3.74. The lowest BCUT2D eigenvalue weighted by molar-refractivity contribution is -0.145. The van der Waals surface area contributed by atoms with E-state index in [9.17, 15) is 18.0 Å². The van der Waals surface area contributed by atoms with E-state index in [0.29, 0.717) is 30.1 Å². The molecule has 10 heteroatoms. The predicted octanol–water partition coefficient (Wildman–Crippen LogP) is 5.65. The van der Waals surface area contributed by atoms with Gasteiger partial charge in [0.25, 0.3) is 12.3 Å². The van der Waals surface area contributed by atoms with Gasteiger partial charge in [0.2, 0.25) is 5.28 Å². The molecule has 0 spiro atoms. The van der Waals surface area contributed by atoms with Gasteiger partial charge in [0.15, 0.2) is 0 Å². The van der Waals surface area contributed by atoms with Gasteiger partial charge in [-0.25, -0.2) is 23.1 Å². The van der Waals surface area contributed by atoms with Gasteiger partial charge in [-0.05, 0) is 24.4 Å². The number of carbonyl (C=O) groups is 1. The Morgan fingerprint density at radius 1 is 1.24 bits per heavy atom. The van der Waals surface area contributed by atoms with E-state index in [0.717, 1.165) is 25.3 Å². The van der Waals surface area contributed by atoms with Crippen molar-refractivity contribution in [3.63, 3.8) is 0 Å². The first-order valence-electron chi connectivity index (χ1n) is 11.1.